The Morgan fingerprint density at radius 2 is 2.00 bits per heavy atom. The molecule has 1 heterocycles. The number of carboxylic acid groups (broad SMARTS) is 1. The van der Waals surface area contributed by atoms with Crippen molar-refractivity contribution in [2.24, 2.45) is 7.05 Å². The van der Waals surface area contributed by atoms with Gasteiger partial charge >= 0.3 is 5.97 Å². The molecule has 2 N–H and O–H groups in total. The van der Waals surface area contributed by atoms with E-state index in [1.165, 1.54) is 13.8 Å². The summed E-state index contributed by atoms with van der Waals surface area (Å²) in [5, 5.41) is 15.5. The Kier molecular flexibility index (Phi) is 4.25. The van der Waals surface area contributed by atoms with E-state index in [-0.39, 0.29) is 17.1 Å². The van der Waals surface area contributed by atoms with Crippen molar-refractivity contribution in [3.8, 4) is 0 Å². The topological polar surface area (TPSA) is 84.2 Å². The highest BCUT2D eigenvalue weighted by Gasteiger charge is 2.13. The average molecular weight is 251 g/mol. The molecule has 1 amide bonds. The normalized spacial score (nSPS) is 12.0. The van der Waals surface area contributed by atoms with Gasteiger partial charge in [0.1, 0.15) is 0 Å². The molecule has 0 aliphatic rings. The van der Waals surface area contributed by atoms with E-state index in [2.05, 4.69) is 10.4 Å². The number of aromatic nitrogens is 2. The minimum Gasteiger partial charge on any atom is -0.478 e. The van der Waals surface area contributed by atoms with Crippen LogP contribution in [-0.4, -0.2) is 26.8 Å². The largest absolute Gasteiger partial charge is 0.478 e. The molecule has 0 aliphatic carbocycles. The van der Waals surface area contributed by atoms with Crippen LogP contribution in [0.5, 0.6) is 0 Å². The number of nitrogens with zero attached hydrogens (tertiary/aromatic N) is 2. The van der Waals surface area contributed by atoms with Crippen LogP contribution >= 0.6 is 0 Å². The Balaban J connectivity index is 2.70. The van der Waals surface area contributed by atoms with E-state index in [4.69, 9.17) is 5.11 Å². The third kappa shape index (κ3) is 2.97. The summed E-state index contributed by atoms with van der Waals surface area (Å²) in [6.45, 7) is 5.14. The summed E-state index contributed by atoms with van der Waals surface area (Å²) in [4.78, 5) is 22.4. The van der Waals surface area contributed by atoms with Gasteiger partial charge < -0.3 is 10.4 Å². The van der Waals surface area contributed by atoms with E-state index in [1.807, 2.05) is 14.0 Å². The SMILES string of the molecule is CC(C(=O)O)=C(C)C(=O)NCc1cnn(C)c1C. The number of amides is 1. The number of aliphatic carboxylic acids is 1. The second-order valence-corrected chi connectivity index (χ2v) is 4.12. The quantitative estimate of drug-likeness (QED) is 0.774. The van der Waals surface area contributed by atoms with Crippen LogP contribution in [0, 0.1) is 6.92 Å². The number of rotatable bonds is 4. The molecule has 98 valence electrons. The molecule has 0 spiro atoms. The molecule has 0 unspecified atom stereocenters. The number of hydrogen-bond donors (Lipinski definition) is 2. The zero-order valence-corrected chi connectivity index (χ0v) is 10.9. The summed E-state index contributed by atoms with van der Waals surface area (Å²) in [6.07, 6.45) is 1.68. The smallest absolute Gasteiger partial charge is 0.331 e. The van der Waals surface area contributed by atoms with Gasteiger partial charge in [0, 0.05) is 36.0 Å². The maximum Gasteiger partial charge on any atom is 0.331 e. The lowest BCUT2D eigenvalue weighted by atomic mass is 10.1. The fourth-order valence-corrected chi connectivity index (χ4v) is 1.36. The standard InChI is InChI=1S/C12H17N3O3/c1-7(8(2)12(17)18)11(16)13-5-10-6-14-15(4)9(10)3/h6H,5H2,1-4H3,(H,13,16)(H,17,18). The van der Waals surface area contributed by atoms with E-state index >= 15 is 0 Å². The molecule has 6 nitrogen and oxygen atoms in total. The number of carbonyl (C=O) groups is 2. The lowest BCUT2D eigenvalue weighted by Gasteiger charge is -2.06. The van der Waals surface area contributed by atoms with Crippen LogP contribution in [0.15, 0.2) is 17.3 Å². The molecule has 1 aromatic rings. The van der Waals surface area contributed by atoms with Gasteiger partial charge in [0.2, 0.25) is 5.91 Å². The Labute approximate surface area is 105 Å². The zero-order valence-electron chi connectivity index (χ0n) is 10.9. The van der Waals surface area contributed by atoms with Gasteiger partial charge in [-0.05, 0) is 20.8 Å². The Hall–Kier alpha value is -2.11. The first-order chi connectivity index (χ1) is 8.34. The van der Waals surface area contributed by atoms with Crippen molar-refractivity contribution in [3.05, 3.63) is 28.6 Å². The van der Waals surface area contributed by atoms with Gasteiger partial charge in [-0.25, -0.2) is 4.79 Å². The molecule has 18 heavy (non-hydrogen) atoms. The van der Waals surface area contributed by atoms with E-state index in [1.54, 1.807) is 10.9 Å². The van der Waals surface area contributed by atoms with Gasteiger partial charge in [0.15, 0.2) is 0 Å². The molecule has 0 saturated carbocycles. The number of aryl methyl sites for hydroxylation is 1. The third-order valence-electron chi connectivity index (χ3n) is 3.00. The van der Waals surface area contributed by atoms with Crippen molar-refractivity contribution < 1.29 is 14.7 Å². The minimum absolute atomic E-state index is 0.0513. The highest BCUT2D eigenvalue weighted by Crippen LogP contribution is 2.07. The molecule has 1 rings (SSSR count). The Bertz CT molecular complexity index is 515. The first-order valence-electron chi connectivity index (χ1n) is 5.51. The first-order valence-corrected chi connectivity index (χ1v) is 5.51. The number of carboxylic acids is 1. The van der Waals surface area contributed by atoms with Gasteiger partial charge in [0.25, 0.3) is 0 Å². The molecule has 0 radical (unpaired) electrons. The molecule has 1 aromatic heterocycles. The summed E-state index contributed by atoms with van der Waals surface area (Å²) in [5.41, 5.74) is 2.14. The summed E-state index contributed by atoms with van der Waals surface area (Å²) >= 11 is 0. The Morgan fingerprint density at radius 1 is 1.39 bits per heavy atom. The summed E-state index contributed by atoms with van der Waals surface area (Å²) < 4.78 is 1.71. The van der Waals surface area contributed by atoms with Gasteiger partial charge in [0.05, 0.1) is 6.20 Å². The van der Waals surface area contributed by atoms with Crippen LogP contribution in [0.3, 0.4) is 0 Å². The van der Waals surface area contributed by atoms with Crippen LogP contribution in [0.4, 0.5) is 0 Å². The van der Waals surface area contributed by atoms with Gasteiger partial charge in [-0.1, -0.05) is 0 Å². The van der Waals surface area contributed by atoms with Gasteiger partial charge in [-0.15, -0.1) is 0 Å². The predicted molar refractivity (Wildman–Crippen MR) is 65.8 cm³/mol. The molecular weight excluding hydrogens is 234 g/mol. The van der Waals surface area contributed by atoms with Gasteiger partial charge in [-0.3, -0.25) is 9.48 Å². The monoisotopic (exact) mass is 251 g/mol. The zero-order chi connectivity index (χ0) is 13.9. The summed E-state index contributed by atoms with van der Waals surface area (Å²) in [5.74, 6) is -1.46. The van der Waals surface area contributed by atoms with Gasteiger partial charge in [-0.2, -0.15) is 5.10 Å². The number of nitrogens with one attached hydrogen (secondary N) is 1. The molecule has 0 fully saturated rings. The molecule has 0 aromatic carbocycles. The van der Waals surface area contributed by atoms with Crippen molar-refractivity contribution in [3.63, 3.8) is 0 Å². The minimum atomic E-state index is -1.08. The highest BCUT2D eigenvalue weighted by atomic mass is 16.4. The van der Waals surface area contributed by atoms with Crippen molar-refractivity contribution in [2.45, 2.75) is 27.3 Å². The van der Waals surface area contributed by atoms with Crippen LogP contribution in [0.2, 0.25) is 0 Å². The molecule has 0 aliphatic heterocycles. The molecule has 0 saturated heterocycles. The lowest BCUT2D eigenvalue weighted by molar-refractivity contribution is -0.133. The van der Waals surface area contributed by atoms with Crippen LogP contribution in [0.1, 0.15) is 25.1 Å². The summed E-state index contributed by atoms with van der Waals surface area (Å²) in [6, 6.07) is 0. The molecular formula is C12H17N3O3. The van der Waals surface area contributed by atoms with E-state index < -0.39 is 5.97 Å². The first kappa shape index (κ1) is 14.0. The molecule has 0 atom stereocenters. The second-order valence-electron chi connectivity index (χ2n) is 4.12. The van der Waals surface area contributed by atoms with E-state index in [9.17, 15) is 9.59 Å². The second kappa shape index (κ2) is 5.48. The average Bonchev–Trinajstić information content (AvgIpc) is 2.65. The lowest BCUT2D eigenvalue weighted by Crippen LogP contribution is -2.25. The fraction of sp³-hybridized carbons (Fsp3) is 0.417. The van der Waals surface area contributed by atoms with Crippen molar-refractivity contribution >= 4 is 11.9 Å². The van der Waals surface area contributed by atoms with E-state index in [0.29, 0.717) is 6.54 Å². The van der Waals surface area contributed by atoms with Crippen LogP contribution in [-0.2, 0) is 23.2 Å². The molecule has 6 heteroatoms. The maximum atomic E-state index is 11.7. The molecule has 0 bridgehead atoms. The fourth-order valence-electron chi connectivity index (χ4n) is 1.36. The maximum absolute atomic E-state index is 11.7. The Morgan fingerprint density at radius 3 is 2.44 bits per heavy atom. The van der Waals surface area contributed by atoms with Crippen molar-refractivity contribution in [1.29, 1.82) is 0 Å². The number of carbonyl (C=O) groups excluding carboxylic acids is 1. The van der Waals surface area contributed by atoms with Crippen molar-refractivity contribution in [1.82, 2.24) is 15.1 Å². The summed E-state index contributed by atoms with van der Waals surface area (Å²) in [7, 11) is 1.82. The van der Waals surface area contributed by atoms with E-state index in [0.717, 1.165) is 11.3 Å². The predicted octanol–water partition coefficient (Wildman–Crippen LogP) is 0.766. The van der Waals surface area contributed by atoms with Crippen LogP contribution < -0.4 is 5.32 Å². The number of hydrogen-bond acceptors (Lipinski definition) is 3. The highest BCUT2D eigenvalue weighted by molar-refractivity contribution is 6.01. The van der Waals surface area contributed by atoms with Crippen LogP contribution in [0.25, 0.3) is 0 Å². The van der Waals surface area contributed by atoms with Crippen molar-refractivity contribution in [2.75, 3.05) is 0 Å². The third-order valence-corrected chi connectivity index (χ3v) is 3.00.